The van der Waals surface area contributed by atoms with E-state index in [-0.39, 0.29) is 0 Å². The number of benzene rings is 1. The molecule has 0 N–H and O–H groups in total. The molecule has 0 heterocycles. The number of nitrogens with zero attached hydrogens (tertiary/aromatic N) is 1. The molecule has 0 aromatic heterocycles. The maximum absolute atomic E-state index is 5.79. The molecular formula is C22H28BrNO. The van der Waals surface area contributed by atoms with Crippen molar-refractivity contribution >= 4 is 27.3 Å². The summed E-state index contributed by atoms with van der Waals surface area (Å²) in [7, 11) is 0. The number of hydrogen-bond acceptors (Lipinski definition) is 2. The van der Waals surface area contributed by atoms with Crippen LogP contribution >= 0.6 is 15.9 Å². The molecule has 0 saturated heterocycles. The van der Waals surface area contributed by atoms with Crippen LogP contribution in [0.1, 0.15) is 57.9 Å². The minimum Gasteiger partial charge on any atom is -0.494 e. The molecular weight excluding hydrogens is 374 g/mol. The zero-order chi connectivity index (χ0) is 18.1. The van der Waals surface area contributed by atoms with Gasteiger partial charge in [-0.05, 0) is 66.1 Å². The molecule has 0 bridgehead atoms. The van der Waals surface area contributed by atoms with Crippen molar-refractivity contribution in [2.24, 2.45) is 4.99 Å². The lowest BCUT2D eigenvalue weighted by Gasteiger charge is -2.12. The molecule has 134 valence electrons. The van der Waals surface area contributed by atoms with Gasteiger partial charge in [0.25, 0.3) is 0 Å². The van der Waals surface area contributed by atoms with Gasteiger partial charge in [-0.2, -0.15) is 0 Å². The number of unbranched alkanes of at least 4 members (excludes halogenated alkanes) is 3. The zero-order valence-corrected chi connectivity index (χ0v) is 16.9. The van der Waals surface area contributed by atoms with Gasteiger partial charge in [0.2, 0.25) is 0 Å². The summed E-state index contributed by atoms with van der Waals surface area (Å²) in [4.78, 5) is 4.69. The quantitative estimate of drug-likeness (QED) is 0.320. The molecule has 2 rings (SSSR count). The fourth-order valence-electron chi connectivity index (χ4n) is 2.71. The summed E-state index contributed by atoms with van der Waals surface area (Å²) in [5.41, 5.74) is 4.14. The van der Waals surface area contributed by atoms with Gasteiger partial charge in [-0.15, -0.1) is 0 Å². The van der Waals surface area contributed by atoms with Gasteiger partial charge >= 0.3 is 0 Å². The van der Waals surface area contributed by atoms with Crippen molar-refractivity contribution in [3.8, 4) is 5.75 Å². The number of rotatable bonds is 9. The van der Waals surface area contributed by atoms with Crippen LogP contribution in [0.2, 0.25) is 0 Å². The van der Waals surface area contributed by atoms with Crippen molar-refractivity contribution in [2.75, 3.05) is 6.61 Å². The lowest BCUT2D eigenvalue weighted by molar-refractivity contribution is 0.305. The van der Waals surface area contributed by atoms with Crippen LogP contribution in [0.5, 0.6) is 5.75 Å². The van der Waals surface area contributed by atoms with Gasteiger partial charge in [0.05, 0.1) is 12.3 Å². The second-order valence-electron chi connectivity index (χ2n) is 6.38. The molecule has 0 unspecified atom stereocenters. The average Bonchev–Trinajstić information content (AvgIpc) is 2.62. The number of ether oxygens (including phenoxy) is 1. The molecule has 0 aliphatic heterocycles. The van der Waals surface area contributed by atoms with Crippen molar-refractivity contribution in [1.82, 2.24) is 0 Å². The van der Waals surface area contributed by atoms with E-state index in [1.165, 1.54) is 29.3 Å². The summed E-state index contributed by atoms with van der Waals surface area (Å²) < 4.78 is 7.03. The van der Waals surface area contributed by atoms with Crippen molar-refractivity contribution in [2.45, 2.75) is 52.4 Å². The molecule has 3 heteroatoms. The predicted octanol–water partition coefficient (Wildman–Crippen LogP) is 7.08. The Balaban J connectivity index is 1.90. The van der Waals surface area contributed by atoms with E-state index < -0.39 is 0 Å². The summed E-state index contributed by atoms with van der Waals surface area (Å²) in [5, 5.41) is 0. The predicted molar refractivity (Wildman–Crippen MR) is 113 cm³/mol. The smallest absolute Gasteiger partial charge is 0.119 e. The molecule has 1 aliphatic rings. The summed E-state index contributed by atoms with van der Waals surface area (Å²) in [5.74, 6) is 0.915. The van der Waals surface area contributed by atoms with E-state index in [0.717, 1.165) is 48.6 Å². The van der Waals surface area contributed by atoms with Crippen molar-refractivity contribution < 1.29 is 4.74 Å². The van der Waals surface area contributed by atoms with Crippen molar-refractivity contribution in [3.63, 3.8) is 0 Å². The number of aliphatic imine (C=N–C) groups is 1. The van der Waals surface area contributed by atoms with Crippen LogP contribution in [0.15, 0.2) is 58.0 Å². The Morgan fingerprint density at radius 3 is 2.52 bits per heavy atom. The summed E-state index contributed by atoms with van der Waals surface area (Å²) in [6.07, 6.45) is 11.2. The molecule has 0 atom stereocenters. The molecule has 2 nitrogen and oxygen atoms in total. The van der Waals surface area contributed by atoms with E-state index in [0.29, 0.717) is 0 Å². The minimum atomic E-state index is 0.786. The SMILES string of the molecule is C=C(N=C(C)C1=CC=C(Br)CC1)c1ccc(OCCCCCC)cc1. The van der Waals surface area contributed by atoms with Crippen LogP contribution in [0.3, 0.4) is 0 Å². The molecule has 1 aromatic rings. The van der Waals surface area contributed by atoms with Crippen LogP contribution in [-0.2, 0) is 0 Å². The molecule has 0 spiro atoms. The number of halogens is 1. The summed E-state index contributed by atoms with van der Waals surface area (Å²) >= 11 is 3.54. The van der Waals surface area contributed by atoms with Crippen LogP contribution in [0.25, 0.3) is 5.70 Å². The van der Waals surface area contributed by atoms with E-state index in [2.05, 4.69) is 53.5 Å². The highest BCUT2D eigenvalue weighted by molar-refractivity contribution is 9.11. The fraction of sp³-hybridized carbons (Fsp3) is 0.409. The highest BCUT2D eigenvalue weighted by atomic mass is 79.9. The fourth-order valence-corrected chi connectivity index (χ4v) is 3.04. The second-order valence-corrected chi connectivity index (χ2v) is 7.40. The maximum Gasteiger partial charge on any atom is 0.119 e. The molecule has 1 aliphatic carbocycles. The van der Waals surface area contributed by atoms with Crippen LogP contribution < -0.4 is 4.74 Å². The van der Waals surface area contributed by atoms with Gasteiger partial charge in [0, 0.05) is 5.71 Å². The third kappa shape index (κ3) is 6.66. The Hall–Kier alpha value is -1.61. The Morgan fingerprint density at radius 1 is 1.12 bits per heavy atom. The van der Waals surface area contributed by atoms with Gasteiger partial charge in [0.15, 0.2) is 0 Å². The van der Waals surface area contributed by atoms with Crippen molar-refractivity contribution in [1.29, 1.82) is 0 Å². The first-order chi connectivity index (χ1) is 12.1. The van der Waals surface area contributed by atoms with Crippen molar-refractivity contribution in [3.05, 3.63) is 58.6 Å². The number of hydrogen-bond donors (Lipinski definition) is 0. The Morgan fingerprint density at radius 2 is 1.88 bits per heavy atom. The van der Waals surface area contributed by atoms with Crippen LogP contribution in [0, 0.1) is 0 Å². The van der Waals surface area contributed by atoms with Gasteiger partial charge in [-0.3, -0.25) is 4.99 Å². The number of allylic oxidation sites excluding steroid dienone is 4. The Labute approximate surface area is 160 Å². The lowest BCUT2D eigenvalue weighted by atomic mass is 10.0. The van der Waals surface area contributed by atoms with Crippen LogP contribution in [0.4, 0.5) is 0 Å². The van der Waals surface area contributed by atoms with E-state index in [1.807, 2.05) is 24.3 Å². The highest BCUT2D eigenvalue weighted by Gasteiger charge is 2.08. The van der Waals surface area contributed by atoms with Crippen LogP contribution in [-0.4, -0.2) is 12.3 Å². The lowest BCUT2D eigenvalue weighted by Crippen LogP contribution is -2.01. The molecule has 25 heavy (non-hydrogen) atoms. The Kier molecular flexibility index (Phi) is 8.20. The standard InChI is InChI=1S/C22H28BrNO/c1-4-5-6-7-16-25-22-14-10-20(11-15-22)18(3)24-17(2)19-8-12-21(23)13-9-19/h8,10-12,14-15H,3-7,9,13,16H2,1-2H3. The topological polar surface area (TPSA) is 21.6 Å². The van der Waals surface area contributed by atoms with Gasteiger partial charge in [0.1, 0.15) is 5.75 Å². The summed E-state index contributed by atoms with van der Waals surface area (Å²) in [6, 6.07) is 8.08. The molecule has 0 radical (unpaired) electrons. The highest BCUT2D eigenvalue weighted by Crippen LogP contribution is 2.25. The zero-order valence-electron chi connectivity index (χ0n) is 15.4. The van der Waals surface area contributed by atoms with Gasteiger partial charge in [-0.25, -0.2) is 0 Å². The Bertz CT molecular complexity index is 668. The minimum absolute atomic E-state index is 0.786. The largest absolute Gasteiger partial charge is 0.494 e. The average molecular weight is 402 g/mol. The molecule has 0 amide bonds. The van der Waals surface area contributed by atoms with Gasteiger partial charge < -0.3 is 4.74 Å². The van der Waals surface area contributed by atoms with E-state index >= 15 is 0 Å². The van der Waals surface area contributed by atoms with E-state index in [4.69, 9.17) is 4.74 Å². The molecule has 0 fully saturated rings. The third-order valence-electron chi connectivity index (χ3n) is 4.32. The van der Waals surface area contributed by atoms with E-state index in [1.54, 1.807) is 0 Å². The second kappa shape index (κ2) is 10.4. The first-order valence-electron chi connectivity index (χ1n) is 9.13. The van der Waals surface area contributed by atoms with E-state index in [9.17, 15) is 0 Å². The maximum atomic E-state index is 5.79. The first kappa shape index (κ1) is 19.7. The van der Waals surface area contributed by atoms with Gasteiger partial charge in [-0.1, -0.05) is 60.8 Å². The summed E-state index contributed by atoms with van der Waals surface area (Å²) in [6.45, 7) is 9.18. The monoisotopic (exact) mass is 401 g/mol. The normalized spacial score (nSPS) is 14.8. The molecule has 1 aromatic carbocycles. The third-order valence-corrected chi connectivity index (χ3v) is 4.98. The molecule has 0 saturated carbocycles. The first-order valence-corrected chi connectivity index (χ1v) is 9.92.